The predicted octanol–water partition coefficient (Wildman–Crippen LogP) is 5.11. The molecule has 5 heteroatoms. The minimum Gasteiger partial charge on any atom is -0.319 e. The van der Waals surface area contributed by atoms with Crippen molar-refractivity contribution < 1.29 is 4.79 Å². The number of carbonyl (C=O) groups excluding carboxylic acids is 1. The summed E-state index contributed by atoms with van der Waals surface area (Å²) in [6.07, 6.45) is 0. The van der Waals surface area contributed by atoms with Gasteiger partial charge in [0, 0.05) is 11.3 Å². The van der Waals surface area contributed by atoms with Crippen LogP contribution >= 0.6 is 0 Å². The molecule has 0 bridgehead atoms. The van der Waals surface area contributed by atoms with Gasteiger partial charge in [0.25, 0.3) is 5.91 Å². The Hall–Kier alpha value is -3.73. The molecule has 3 aromatic carbocycles. The monoisotopic (exact) mass is 382 g/mol. The summed E-state index contributed by atoms with van der Waals surface area (Å²) in [4.78, 5) is 17.5. The first kappa shape index (κ1) is 18.6. The lowest BCUT2D eigenvalue weighted by Gasteiger charge is -2.09. The normalized spacial score (nSPS) is 10.7. The van der Waals surface area contributed by atoms with Crippen molar-refractivity contribution in [3.63, 3.8) is 0 Å². The van der Waals surface area contributed by atoms with Crippen molar-refractivity contribution in [1.82, 2.24) is 14.8 Å². The Bertz CT molecular complexity index is 1140. The number of anilines is 1. The fraction of sp³-hybridized carbons (Fsp3) is 0.125. The number of benzene rings is 3. The fourth-order valence-electron chi connectivity index (χ4n) is 3.23. The van der Waals surface area contributed by atoms with Crippen LogP contribution in [0.4, 0.5) is 5.69 Å². The molecule has 0 aliphatic rings. The van der Waals surface area contributed by atoms with Crippen LogP contribution in [0.15, 0.2) is 72.8 Å². The van der Waals surface area contributed by atoms with E-state index in [1.54, 1.807) is 4.68 Å². The molecular weight excluding hydrogens is 360 g/mol. The van der Waals surface area contributed by atoms with Gasteiger partial charge in [-0.3, -0.25) is 4.79 Å². The minimum absolute atomic E-state index is 0.132. The highest BCUT2D eigenvalue weighted by molar-refractivity contribution is 6.02. The van der Waals surface area contributed by atoms with Crippen molar-refractivity contribution in [3.8, 4) is 17.1 Å². The van der Waals surface area contributed by atoms with Crippen LogP contribution in [-0.2, 0) is 0 Å². The maximum absolute atomic E-state index is 13.0. The highest BCUT2D eigenvalue weighted by Gasteiger charge is 2.19. The second-order valence-corrected chi connectivity index (χ2v) is 7.09. The Kier molecular flexibility index (Phi) is 4.96. The summed E-state index contributed by atoms with van der Waals surface area (Å²) in [5, 5.41) is 7.51. The van der Waals surface area contributed by atoms with Crippen LogP contribution in [-0.4, -0.2) is 20.7 Å². The van der Waals surface area contributed by atoms with E-state index < -0.39 is 0 Å². The molecule has 1 heterocycles. The van der Waals surface area contributed by atoms with Gasteiger partial charge in [-0.15, -0.1) is 5.10 Å². The molecule has 5 nitrogen and oxygen atoms in total. The Morgan fingerprint density at radius 3 is 2.14 bits per heavy atom. The van der Waals surface area contributed by atoms with Gasteiger partial charge in [-0.2, -0.15) is 0 Å². The topological polar surface area (TPSA) is 59.8 Å². The number of nitrogens with one attached hydrogen (secondary N) is 1. The number of rotatable bonds is 4. The third-order valence-corrected chi connectivity index (χ3v) is 4.84. The number of carbonyl (C=O) groups is 1. The third kappa shape index (κ3) is 3.80. The zero-order valence-electron chi connectivity index (χ0n) is 16.7. The zero-order chi connectivity index (χ0) is 20.4. The van der Waals surface area contributed by atoms with E-state index >= 15 is 0 Å². The van der Waals surface area contributed by atoms with Gasteiger partial charge in [0.1, 0.15) is 0 Å². The number of hydrogen-bond donors (Lipinski definition) is 1. The first-order valence-corrected chi connectivity index (χ1v) is 9.50. The first-order valence-electron chi connectivity index (χ1n) is 9.50. The SMILES string of the molecule is Cc1ccc(-n2nc(C(=O)Nc3c(C)cccc3C)nc2-c2ccccc2)cc1. The van der Waals surface area contributed by atoms with E-state index in [1.165, 1.54) is 0 Å². The summed E-state index contributed by atoms with van der Waals surface area (Å²) in [6.45, 7) is 5.97. The van der Waals surface area contributed by atoms with Crippen LogP contribution < -0.4 is 5.32 Å². The molecule has 144 valence electrons. The average Bonchev–Trinajstić information content (AvgIpc) is 3.17. The van der Waals surface area contributed by atoms with Crippen molar-refractivity contribution in [2.45, 2.75) is 20.8 Å². The number of nitrogens with zero attached hydrogens (tertiary/aromatic N) is 3. The first-order chi connectivity index (χ1) is 14.0. The maximum atomic E-state index is 13.0. The van der Waals surface area contributed by atoms with Crippen molar-refractivity contribution in [1.29, 1.82) is 0 Å². The summed E-state index contributed by atoms with van der Waals surface area (Å²) in [5.41, 5.74) is 5.70. The number of aromatic nitrogens is 3. The lowest BCUT2D eigenvalue weighted by Crippen LogP contribution is -2.16. The van der Waals surface area contributed by atoms with Gasteiger partial charge in [0.05, 0.1) is 5.69 Å². The molecule has 29 heavy (non-hydrogen) atoms. The van der Waals surface area contributed by atoms with Crippen molar-refractivity contribution in [2.75, 3.05) is 5.32 Å². The smallest absolute Gasteiger partial charge is 0.295 e. The second-order valence-electron chi connectivity index (χ2n) is 7.09. The maximum Gasteiger partial charge on any atom is 0.295 e. The summed E-state index contributed by atoms with van der Waals surface area (Å²) in [5.74, 6) is 0.429. The minimum atomic E-state index is -0.328. The second kappa shape index (κ2) is 7.72. The van der Waals surface area contributed by atoms with Gasteiger partial charge < -0.3 is 5.32 Å². The molecule has 0 fully saturated rings. The van der Waals surface area contributed by atoms with Crippen LogP contribution in [0.25, 0.3) is 17.1 Å². The third-order valence-electron chi connectivity index (χ3n) is 4.84. The van der Waals surface area contributed by atoms with Gasteiger partial charge in [-0.25, -0.2) is 9.67 Å². The van der Waals surface area contributed by atoms with Gasteiger partial charge >= 0.3 is 0 Å². The summed E-state index contributed by atoms with van der Waals surface area (Å²) in [7, 11) is 0. The molecule has 1 N–H and O–H groups in total. The molecule has 0 aliphatic heterocycles. The molecule has 0 saturated carbocycles. The summed E-state index contributed by atoms with van der Waals surface area (Å²) < 4.78 is 1.72. The Morgan fingerprint density at radius 1 is 0.828 bits per heavy atom. The van der Waals surface area contributed by atoms with Crippen molar-refractivity contribution in [2.24, 2.45) is 0 Å². The van der Waals surface area contributed by atoms with Gasteiger partial charge in [-0.05, 0) is 44.0 Å². The van der Waals surface area contributed by atoms with E-state index in [1.807, 2.05) is 93.6 Å². The van der Waals surface area contributed by atoms with Crippen LogP contribution in [0.1, 0.15) is 27.3 Å². The molecule has 0 radical (unpaired) electrons. The van der Waals surface area contributed by atoms with Gasteiger partial charge in [-0.1, -0.05) is 66.2 Å². The molecule has 1 aromatic heterocycles. The molecule has 0 saturated heterocycles. The molecule has 1 amide bonds. The number of hydrogen-bond acceptors (Lipinski definition) is 3. The highest BCUT2D eigenvalue weighted by Crippen LogP contribution is 2.23. The predicted molar refractivity (Wildman–Crippen MR) is 115 cm³/mol. The number of aryl methyl sites for hydroxylation is 3. The molecular formula is C24H22N4O. The lowest BCUT2D eigenvalue weighted by molar-refractivity contribution is 0.101. The van der Waals surface area contributed by atoms with E-state index in [0.717, 1.165) is 33.6 Å². The number of para-hydroxylation sites is 1. The van der Waals surface area contributed by atoms with E-state index in [-0.39, 0.29) is 11.7 Å². The van der Waals surface area contributed by atoms with Gasteiger partial charge in [0.2, 0.25) is 5.82 Å². The van der Waals surface area contributed by atoms with E-state index in [9.17, 15) is 4.79 Å². The van der Waals surface area contributed by atoms with Crippen LogP contribution in [0.2, 0.25) is 0 Å². The largest absolute Gasteiger partial charge is 0.319 e. The standard InChI is InChI=1S/C24H22N4O/c1-16-12-14-20(15-13-16)28-23(19-10-5-4-6-11-19)26-22(27-28)24(29)25-21-17(2)8-7-9-18(21)3/h4-15H,1-3H3,(H,25,29). The van der Waals surface area contributed by atoms with E-state index in [2.05, 4.69) is 15.4 Å². The quantitative estimate of drug-likeness (QED) is 0.533. The molecule has 0 spiro atoms. The van der Waals surface area contributed by atoms with E-state index in [0.29, 0.717) is 5.82 Å². The Labute approximate surface area is 170 Å². The Morgan fingerprint density at radius 2 is 1.48 bits per heavy atom. The highest BCUT2D eigenvalue weighted by atomic mass is 16.2. The molecule has 4 rings (SSSR count). The van der Waals surface area contributed by atoms with Crippen molar-refractivity contribution >= 4 is 11.6 Å². The van der Waals surface area contributed by atoms with Crippen LogP contribution in [0.5, 0.6) is 0 Å². The van der Waals surface area contributed by atoms with Gasteiger partial charge in [0.15, 0.2) is 5.82 Å². The average molecular weight is 382 g/mol. The van der Waals surface area contributed by atoms with Crippen LogP contribution in [0, 0.1) is 20.8 Å². The summed E-state index contributed by atoms with van der Waals surface area (Å²) in [6, 6.07) is 23.6. The number of amides is 1. The van der Waals surface area contributed by atoms with E-state index in [4.69, 9.17) is 0 Å². The molecule has 4 aromatic rings. The molecule has 0 aliphatic carbocycles. The van der Waals surface area contributed by atoms with Crippen molar-refractivity contribution in [3.05, 3.63) is 95.3 Å². The zero-order valence-corrected chi connectivity index (χ0v) is 16.7. The van der Waals surface area contributed by atoms with Crippen LogP contribution in [0.3, 0.4) is 0 Å². The Balaban J connectivity index is 1.77. The molecule has 0 atom stereocenters. The fourth-order valence-corrected chi connectivity index (χ4v) is 3.23. The molecule has 0 unspecified atom stereocenters. The lowest BCUT2D eigenvalue weighted by atomic mass is 10.1. The summed E-state index contributed by atoms with van der Waals surface area (Å²) >= 11 is 0.